The van der Waals surface area contributed by atoms with Gasteiger partial charge in [0, 0.05) is 9.79 Å². The zero-order valence-electron chi connectivity index (χ0n) is 12.6. The van der Waals surface area contributed by atoms with Crippen molar-refractivity contribution in [2.24, 2.45) is 0 Å². The first-order chi connectivity index (χ1) is 9.73. The first kappa shape index (κ1) is 15.4. The van der Waals surface area contributed by atoms with Crippen LogP contribution in [-0.2, 0) is 0 Å². The Kier molecular flexibility index (Phi) is 3.96. The number of benzene rings is 2. The minimum absolute atomic E-state index is 0.134. The van der Waals surface area contributed by atoms with Crippen LogP contribution in [0.25, 0.3) is 0 Å². The smallest absolute Gasteiger partial charge is 0.141 e. The summed E-state index contributed by atoms with van der Waals surface area (Å²) in [6, 6.07) is 3.81. The Bertz CT molecular complexity index is 666. The molecule has 0 atom stereocenters. The Morgan fingerprint density at radius 2 is 1.10 bits per heavy atom. The first-order valence-electron chi connectivity index (χ1n) is 6.59. The average molecular weight is 304 g/mol. The quantitative estimate of drug-likeness (QED) is 0.502. The van der Waals surface area contributed by atoms with Crippen molar-refractivity contribution in [1.29, 1.82) is 0 Å². The number of nitrogen functional groups attached to an aromatic ring is 2. The van der Waals surface area contributed by atoms with Crippen LogP contribution in [0.15, 0.2) is 21.9 Å². The van der Waals surface area contributed by atoms with Crippen molar-refractivity contribution >= 4 is 23.1 Å². The minimum atomic E-state index is 0.134. The molecule has 0 saturated carbocycles. The van der Waals surface area contributed by atoms with Crippen LogP contribution in [0.1, 0.15) is 22.3 Å². The molecule has 2 aromatic rings. The molecule has 0 saturated heterocycles. The Balaban J connectivity index is 2.54. The summed E-state index contributed by atoms with van der Waals surface area (Å²) >= 11 is 1.53. The Labute approximate surface area is 128 Å². The van der Waals surface area contributed by atoms with Gasteiger partial charge < -0.3 is 21.7 Å². The summed E-state index contributed by atoms with van der Waals surface area (Å²) in [6.45, 7) is 7.39. The van der Waals surface area contributed by atoms with E-state index in [0.717, 1.165) is 32.0 Å². The van der Waals surface area contributed by atoms with Gasteiger partial charge in [0.15, 0.2) is 0 Å². The number of phenols is 2. The highest BCUT2D eigenvalue weighted by Crippen LogP contribution is 2.42. The van der Waals surface area contributed by atoms with E-state index in [-0.39, 0.29) is 11.5 Å². The molecule has 0 aromatic heterocycles. The van der Waals surface area contributed by atoms with E-state index in [0.29, 0.717) is 11.4 Å². The standard InChI is InChI=1S/C16H20N2O2S/c1-7-5-11(9(3)13(17)15(7)19)21-12-6-8(2)16(20)14(18)10(12)4/h5-6,19-20H,17-18H2,1-4H3. The molecule has 0 heterocycles. The minimum Gasteiger partial charge on any atom is -0.506 e. The van der Waals surface area contributed by atoms with Crippen LogP contribution in [0.4, 0.5) is 11.4 Å². The largest absolute Gasteiger partial charge is 0.506 e. The van der Waals surface area contributed by atoms with Gasteiger partial charge in [-0.05, 0) is 62.1 Å². The lowest BCUT2D eigenvalue weighted by Crippen LogP contribution is -1.97. The normalized spacial score (nSPS) is 10.9. The number of phenolic OH excluding ortho intramolecular Hbond substituents is 2. The van der Waals surface area contributed by atoms with Gasteiger partial charge in [0.2, 0.25) is 0 Å². The third-order valence-electron chi connectivity index (χ3n) is 3.72. The highest BCUT2D eigenvalue weighted by atomic mass is 32.2. The van der Waals surface area contributed by atoms with Gasteiger partial charge in [-0.3, -0.25) is 0 Å². The van der Waals surface area contributed by atoms with Crippen LogP contribution in [0, 0.1) is 27.7 Å². The van der Waals surface area contributed by atoms with Crippen molar-refractivity contribution in [3.8, 4) is 11.5 Å². The zero-order chi connectivity index (χ0) is 15.9. The molecule has 0 bridgehead atoms. The molecule has 4 nitrogen and oxygen atoms in total. The molecule has 0 aliphatic heterocycles. The lowest BCUT2D eigenvalue weighted by atomic mass is 10.1. The summed E-state index contributed by atoms with van der Waals surface area (Å²) in [5, 5.41) is 19.7. The lowest BCUT2D eigenvalue weighted by molar-refractivity contribution is 0.472. The summed E-state index contributed by atoms with van der Waals surface area (Å²) < 4.78 is 0. The van der Waals surface area contributed by atoms with E-state index in [2.05, 4.69) is 0 Å². The fourth-order valence-corrected chi connectivity index (χ4v) is 3.36. The second-order valence-electron chi connectivity index (χ2n) is 5.26. The van der Waals surface area contributed by atoms with Crippen LogP contribution in [-0.4, -0.2) is 10.2 Å². The fourth-order valence-electron chi connectivity index (χ4n) is 2.12. The molecule has 5 heteroatoms. The maximum Gasteiger partial charge on any atom is 0.141 e. The third-order valence-corrected chi connectivity index (χ3v) is 5.01. The van der Waals surface area contributed by atoms with Crippen molar-refractivity contribution in [3.05, 3.63) is 34.4 Å². The molecule has 21 heavy (non-hydrogen) atoms. The van der Waals surface area contributed by atoms with E-state index in [1.165, 1.54) is 11.8 Å². The number of aryl methyl sites for hydroxylation is 2. The van der Waals surface area contributed by atoms with Gasteiger partial charge in [-0.15, -0.1) is 0 Å². The van der Waals surface area contributed by atoms with Crippen LogP contribution in [0.5, 0.6) is 11.5 Å². The molecule has 0 radical (unpaired) electrons. The van der Waals surface area contributed by atoms with Crippen molar-refractivity contribution in [2.75, 3.05) is 11.5 Å². The second kappa shape index (κ2) is 5.41. The fraction of sp³-hybridized carbons (Fsp3) is 0.250. The van der Waals surface area contributed by atoms with Gasteiger partial charge in [0.25, 0.3) is 0 Å². The van der Waals surface area contributed by atoms with Crippen LogP contribution in [0.2, 0.25) is 0 Å². The number of hydrogen-bond donors (Lipinski definition) is 4. The summed E-state index contributed by atoms with van der Waals surface area (Å²) in [6.07, 6.45) is 0. The van der Waals surface area contributed by atoms with Gasteiger partial charge >= 0.3 is 0 Å². The van der Waals surface area contributed by atoms with Crippen molar-refractivity contribution in [3.63, 3.8) is 0 Å². The summed E-state index contributed by atoms with van der Waals surface area (Å²) in [5.74, 6) is 0.268. The second-order valence-corrected chi connectivity index (χ2v) is 6.34. The first-order valence-corrected chi connectivity index (χ1v) is 7.40. The number of nitrogens with two attached hydrogens (primary N) is 2. The van der Waals surface area contributed by atoms with E-state index in [1.807, 2.05) is 39.8 Å². The van der Waals surface area contributed by atoms with Gasteiger partial charge in [0.05, 0.1) is 11.4 Å². The Morgan fingerprint density at radius 3 is 1.43 bits per heavy atom. The highest BCUT2D eigenvalue weighted by molar-refractivity contribution is 7.99. The number of anilines is 2. The van der Waals surface area contributed by atoms with Crippen LogP contribution < -0.4 is 11.5 Å². The van der Waals surface area contributed by atoms with Gasteiger partial charge in [-0.1, -0.05) is 11.8 Å². The van der Waals surface area contributed by atoms with Crippen molar-refractivity contribution in [2.45, 2.75) is 37.5 Å². The van der Waals surface area contributed by atoms with Gasteiger partial charge in [0.1, 0.15) is 11.5 Å². The molecule has 2 rings (SSSR count). The van der Waals surface area contributed by atoms with Gasteiger partial charge in [-0.2, -0.15) is 0 Å². The molecule has 2 aromatic carbocycles. The maximum absolute atomic E-state index is 9.87. The number of aromatic hydroxyl groups is 2. The van der Waals surface area contributed by atoms with E-state index < -0.39 is 0 Å². The lowest BCUT2D eigenvalue weighted by Gasteiger charge is -2.15. The number of rotatable bonds is 2. The molecule has 0 aliphatic rings. The summed E-state index contributed by atoms with van der Waals surface area (Å²) in [7, 11) is 0. The monoisotopic (exact) mass is 304 g/mol. The molecule has 6 N–H and O–H groups in total. The van der Waals surface area contributed by atoms with Gasteiger partial charge in [-0.25, -0.2) is 0 Å². The summed E-state index contributed by atoms with van der Waals surface area (Å²) in [5.41, 5.74) is 15.8. The molecule has 112 valence electrons. The summed E-state index contributed by atoms with van der Waals surface area (Å²) in [4.78, 5) is 1.94. The molecule has 0 aliphatic carbocycles. The van der Waals surface area contributed by atoms with Crippen molar-refractivity contribution in [1.82, 2.24) is 0 Å². The number of hydrogen-bond acceptors (Lipinski definition) is 5. The van der Waals surface area contributed by atoms with Crippen LogP contribution >= 0.6 is 11.8 Å². The van der Waals surface area contributed by atoms with E-state index in [4.69, 9.17) is 11.5 Å². The van der Waals surface area contributed by atoms with E-state index in [9.17, 15) is 10.2 Å². The molecule has 0 fully saturated rings. The topological polar surface area (TPSA) is 92.5 Å². The zero-order valence-corrected chi connectivity index (χ0v) is 13.4. The SMILES string of the molecule is Cc1cc(Sc2cc(C)c(O)c(N)c2C)c(C)c(N)c1O. The predicted molar refractivity (Wildman–Crippen MR) is 88.1 cm³/mol. The molecular weight excluding hydrogens is 284 g/mol. The average Bonchev–Trinajstić information content (AvgIpc) is 2.45. The van der Waals surface area contributed by atoms with Crippen molar-refractivity contribution < 1.29 is 10.2 Å². The Morgan fingerprint density at radius 1 is 0.762 bits per heavy atom. The highest BCUT2D eigenvalue weighted by Gasteiger charge is 2.15. The maximum atomic E-state index is 9.87. The molecule has 0 amide bonds. The third kappa shape index (κ3) is 2.61. The van der Waals surface area contributed by atoms with E-state index in [1.54, 1.807) is 0 Å². The molecular formula is C16H20N2O2S. The van der Waals surface area contributed by atoms with Crippen LogP contribution in [0.3, 0.4) is 0 Å². The molecule has 0 spiro atoms. The molecule has 0 unspecified atom stereocenters. The Hall–Kier alpha value is -2.01. The predicted octanol–water partition coefficient (Wildman–Crippen LogP) is 3.65. The van der Waals surface area contributed by atoms with E-state index >= 15 is 0 Å².